The summed E-state index contributed by atoms with van der Waals surface area (Å²) in [6.45, 7) is 6.91. The summed E-state index contributed by atoms with van der Waals surface area (Å²) in [7, 11) is 1.82. The lowest BCUT2D eigenvalue weighted by molar-refractivity contribution is 0.0520. The molecule has 0 radical (unpaired) electrons. The second-order valence-electron chi connectivity index (χ2n) is 4.99. The third-order valence-electron chi connectivity index (χ3n) is 2.72. The van der Waals surface area contributed by atoms with Gasteiger partial charge in [-0.25, -0.2) is 9.48 Å². The number of carbonyl (C=O) groups excluding carboxylic acids is 1. The van der Waals surface area contributed by atoms with Crippen LogP contribution in [0.3, 0.4) is 0 Å². The molecule has 0 bridgehead atoms. The molecule has 0 spiro atoms. The smallest absolute Gasteiger partial charge is 0.361 e. The summed E-state index contributed by atoms with van der Waals surface area (Å²) in [5.74, 6) is -0.0662. The van der Waals surface area contributed by atoms with Crippen molar-refractivity contribution in [3.63, 3.8) is 0 Å². The summed E-state index contributed by atoms with van der Waals surface area (Å²) in [6, 6.07) is 0. The maximum absolute atomic E-state index is 12.0. The molecular weight excluding hydrogens is 258 g/mol. The van der Waals surface area contributed by atoms with E-state index in [1.54, 1.807) is 22.5 Å². The second-order valence-corrected chi connectivity index (χ2v) is 4.99. The van der Waals surface area contributed by atoms with E-state index in [0.717, 1.165) is 5.56 Å². The molecule has 108 valence electrons. The van der Waals surface area contributed by atoms with Crippen LogP contribution >= 0.6 is 0 Å². The first kappa shape index (κ1) is 14.2. The molecule has 0 amide bonds. The topological polar surface area (TPSA) is 74.8 Å². The van der Waals surface area contributed by atoms with Crippen LogP contribution in [0.15, 0.2) is 12.4 Å². The third kappa shape index (κ3) is 2.87. The summed E-state index contributed by atoms with van der Waals surface area (Å²) in [4.78, 5) is 12.0. The molecule has 0 aliphatic carbocycles. The number of ether oxygens (including phenoxy) is 1. The van der Waals surface area contributed by atoms with Crippen molar-refractivity contribution >= 4 is 5.97 Å². The number of aromatic nitrogens is 5. The van der Waals surface area contributed by atoms with Gasteiger partial charge in [0.25, 0.3) is 0 Å². The number of aryl methyl sites for hydroxylation is 1. The van der Waals surface area contributed by atoms with Crippen molar-refractivity contribution in [3.8, 4) is 11.3 Å². The molecule has 0 aliphatic rings. The van der Waals surface area contributed by atoms with E-state index in [0.29, 0.717) is 24.8 Å². The molecule has 0 unspecified atom stereocenters. The molecule has 2 aromatic rings. The molecule has 0 atom stereocenters. The van der Waals surface area contributed by atoms with Gasteiger partial charge in [0.1, 0.15) is 5.69 Å². The summed E-state index contributed by atoms with van der Waals surface area (Å²) in [5, 5.41) is 12.2. The molecule has 2 aromatic heterocycles. The molecule has 2 rings (SSSR count). The first-order valence-electron chi connectivity index (χ1n) is 6.62. The fourth-order valence-electron chi connectivity index (χ4n) is 1.95. The minimum absolute atomic E-state index is 0.237. The van der Waals surface area contributed by atoms with Gasteiger partial charge >= 0.3 is 5.97 Å². The van der Waals surface area contributed by atoms with Gasteiger partial charge in [0.05, 0.1) is 12.8 Å². The van der Waals surface area contributed by atoms with Crippen LogP contribution < -0.4 is 0 Å². The predicted molar refractivity (Wildman–Crippen MR) is 73.0 cm³/mol. The van der Waals surface area contributed by atoms with Crippen molar-refractivity contribution in [1.29, 1.82) is 0 Å². The number of hydrogen-bond donors (Lipinski definition) is 0. The van der Waals surface area contributed by atoms with Crippen LogP contribution in [0.25, 0.3) is 11.3 Å². The van der Waals surface area contributed by atoms with E-state index in [1.165, 1.54) is 0 Å². The van der Waals surface area contributed by atoms with Crippen LogP contribution in [0, 0.1) is 5.92 Å². The van der Waals surface area contributed by atoms with Crippen LogP contribution in [-0.4, -0.2) is 37.4 Å². The highest BCUT2D eigenvalue weighted by Crippen LogP contribution is 2.23. The van der Waals surface area contributed by atoms with Crippen LogP contribution in [-0.2, 0) is 18.3 Å². The van der Waals surface area contributed by atoms with E-state index in [1.807, 2.05) is 13.2 Å². The molecule has 0 N–H and O–H groups in total. The standard InChI is InChI=1S/C13H19N5O2/c1-5-20-13(19)11-12(10-6-14-17(4)8-10)18(16-15-11)7-9(2)3/h6,8-9H,5,7H2,1-4H3. The van der Waals surface area contributed by atoms with Crippen molar-refractivity contribution in [3.05, 3.63) is 18.1 Å². The van der Waals surface area contributed by atoms with Gasteiger partial charge in [-0.2, -0.15) is 5.10 Å². The number of nitrogens with zero attached hydrogens (tertiary/aromatic N) is 5. The lowest BCUT2D eigenvalue weighted by Crippen LogP contribution is -2.10. The Bertz CT molecular complexity index is 600. The van der Waals surface area contributed by atoms with Crippen molar-refractivity contribution < 1.29 is 9.53 Å². The Balaban J connectivity index is 2.47. The van der Waals surface area contributed by atoms with Crippen molar-refractivity contribution in [2.75, 3.05) is 6.61 Å². The van der Waals surface area contributed by atoms with E-state index in [-0.39, 0.29) is 5.69 Å². The minimum Gasteiger partial charge on any atom is -0.461 e. The van der Waals surface area contributed by atoms with E-state index < -0.39 is 5.97 Å². The summed E-state index contributed by atoms with van der Waals surface area (Å²) >= 11 is 0. The number of carbonyl (C=O) groups is 1. The zero-order valence-corrected chi connectivity index (χ0v) is 12.2. The lowest BCUT2D eigenvalue weighted by Gasteiger charge is -2.08. The SMILES string of the molecule is CCOC(=O)c1nnn(CC(C)C)c1-c1cnn(C)c1. The Morgan fingerprint density at radius 1 is 1.45 bits per heavy atom. The van der Waals surface area contributed by atoms with Crippen LogP contribution in [0.4, 0.5) is 0 Å². The van der Waals surface area contributed by atoms with Crippen molar-refractivity contribution in [1.82, 2.24) is 24.8 Å². The predicted octanol–water partition coefficient (Wildman–Crippen LogP) is 1.51. The van der Waals surface area contributed by atoms with Crippen LogP contribution in [0.1, 0.15) is 31.3 Å². The molecule has 2 heterocycles. The molecule has 0 aromatic carbocycles. The Morgan fingerprint density at radius 3 is 2.75 bits per heavy atom. The molecule has 20 heavy (non-hydrogen) atoms. The van der Waals surface area contributed by atoms with Crippen LogP contribution in [0.5, 0.6) is 0 Å². The highest BCUT2D eigenvalue weighted by molar-refractivity contribution is 5.93. The monoisotopic (exact) mass is 277 g/mol. The normalized spacial score (nSPS) is 11.1. The number of rotatable bonds is 5. The van der Waals surface area contributed by atoms with Gasteiger partial charge in [-0.3, -0.25) is 4.68 Å². The quantitative estimate of drug-likeness (QED) is 0.774. The summed E-state index contributed by atoms with van der Waals surface area (Å²) < 4.78 is 8.44. The van der Waals surface area contributed by atoms with Crippen molar-refractivity contribution in [2.24, 2.45) is 13.0 Å². The van der Waals surface area contributed by atoms with Gasteiger partial charge < -0.3 is 4.74 Å². The fourth-order valence-corrected chi connectivity index (χ4v) is 1.95. The van der Waals surface area contributed by atoms with E-state index in [9.17, 15) is 4.79 Å². The zero-order valence-electron chi connectivity index (χ0n) is 12.2. The van der Waals surface area contributed by atoms with E-state index >= 15 is 0 Å². The third-order valence-corrected chi connectivity index (χ3v) is 2.72. The first-order valence-corrected chi connectivity index (χ1v) is 6.62. The van der Waals surface area contributed by atoms with Gasteiger partial charge in [0.2, 0.25) is 0 Å². The molecule has 7 nitrogen and oxygen atoms in total. The Hall–Kier alpha value is -2.18. The van der Waals surface area contributed by atoms with Crippen LogP contribution in [0.2, 0.25) is 0 Å². The van der Waals surface area contributed by atoms with Gasteiger partial charge in [-0.05, 0) is 12.8 Å². The molecule has 0 saturated heterocycles. The molecular formula is C13H19N5O2. The Morgan fingerprint density at radius 2 is 2.20 bits per heavy atom. The van der Waals surface area contributed by atoms with Gasteiger partial charge in [0, 0.05) is 25.4 Å². The molecule has 0 aliphatic heterocycles. The Labute approximate surface area is 117 Å². The zero-order chi connectivity index (χ0) is 14.7. The highest BCUT2D eigenvalue weighted by Gasteiger charge is 2.23. The summed E-state index contributed by atoms with van der Waals surface area (Å²) in [5.41, 5.74) is 1.70. The van der Waals surface area contributed by atoms with Gasteiger partial charge in [-0.1, -0.05) is 19.1 Å². The van der Waals surface area contributed by atoms with Gasteiger partial charge in [-0.15, -0.1) is 5.10 Å². The molecule has 0 saturated carbocycles. The first-order chi connectivity index (χ1) is 9.52. The average molecular weight is 277 g/mol. The minimum atomic E-state index is -0.457. The largest absolute Gasteiger partial charge is 0.461 e. The molecule has 7 heteroatoms. The number of hydrogen-bond acceptors (Lipinski definition) is 5. The van der Waals surface area contributed by atoms with E-state index in [2.05, 4.69) is 29.3 Å². The highest BCUT2D eigenvalue weighted by atomic mass is 16.5. The molecule has 0 fully saturated rings. The Kier molecular flexibility index (Phi) is 4.16. The van der Waals surface area contributed by atoms with Gasteiger partial charge in [0.15, 0.2) is 5.69 Å². The fraction of sp³-hybridized carbons (Fsp3) is 0.538. The average Bonchev–Trinajstić information content (AvgIpc) is 2.95. The maximum Gasteiger partial charge on any atom is 0.361 e. The summed E-state index contributed by atoms with van der Waals surface area (Å²) in [6.07, 6.45) is 3.52. The lowest BCUT2D eigenvalue weighted by atomic mass is 10.1. The van der Waals surface area contributed by atoms with E-state index in [4.69, 9.17) is 4.74 Å². The number of esters is 1. The second kappa shape index (κ2) is 5.85. The van der Waals surface area contributed by atoms with Crippen molar-refractivity contribution in [2.45, 2.75) is 27.3 Å². The maximum atomic E-state index is 12.0.